The Hall–Kier alpha value is -0.870. The van der Waals surface area contributed by atoms with Gasteiger partial charge in [-0.2, -0.15) is 0 Å². The largest absolute Gasteiger partial charge is 0.391 e. The number of piperidine rings is 1. The Balaban J connectivity index is 2.12. The number of aliphatic hydroxyl groups is 1. The van der Waals surface area contributed by atoms with Crippen molar-refractivity contribution in [3.8, 4) is 0 Å². The minimum atomic E-state index is -0.345. The Bertz CT molecular complexity index is 375. The highest BCUT2D eigenvalue weighted by molar-refractivity contribution is 7.12. The maximum atomic E-state index is 12.2. The smallest absolute Gasteiger partial charge is 0.264 e. The first-order valence-corrected chi connectivity index (χ1v) is 6.64. The number of β-amino-alcohol motifs (C(OH)–C–C–N with tert-alkyl or cyclic N) is 1. The number of likely N-dealkylation sites (tertiary alicyclic amines) is 1. The summed E-state index contributed by atoms with van der Waals surface area (Å²) in [7, 11) is 0. The third-order valence-electron chi connectivity index (χ3n) is 3.01. The van der Waals surface area contributed by atoms with E-state index in [4.69, 9.17) is 0 Å². The van der Waals surface area contributed by atoms with Crippen molar-refractivity contribution in [2.45, 2.75) is 32.3 Å². The zero-order chi connectivity index (χ0) is 11.5. The molecule has 0 saturated carbocycles. The predicted molar refractivity (Wildman–Crippen MR) is 64.8 cm³/mol. The maximum absolute atomic E-state index is 12.2. The van der Waals surface area contributed by atoms with Crippen molar-refractivity contribution < 1.29 is 9.90 Å². The minimum absolute atomic E-state index is 0.0885. The van der Waals surface area contributed by atoms with Crippen molar-refractivity contribution >= 4 is 17.2 Å². The van der Waals surface area contributed by atoms with Gasteiger partial charge in [0.25, 0.3) is 5.91 Å². The monoisotopic (exact) mass is 239 g/mol. The molecule has 1 N–H and O–H groups in total. The zero-order valence-electron chi connectivity index (χ0n) is 9.48. The molecule has 88 valence electrons. The van der Waals surface area contributed by atoms with Crippen molar-refractivity contribution in [3.63, 3.8) is 0 Å². The predicted octanol–water partition coefficient (Wildman–Crippen LogP) is 1.91. The van der Waals surface area contributed by atoms with Crippen molar-refractivity contribution in [1.29, 1.82) is 0 Å². The molecular formula is C12H17NO2S. The molecule has 16 heavy (non-hydrogen) atoms. The Morgan fingerprint density at radius 3 is 3.19 bits per heavy atom. The second kappa shape index (κ2) is 4.97. The fourth-order valence-electron chi connectivity index (χ4n) is 2.08. The van der Waals surface area contributed by atoms with Gasteiger partial charge in [-0.3, -0.25) is 4.79 Å². The lowest BCUT2D eigenvalue weighted by Gasteiger charge is -2.30. The Kier molecular flexibility index (Phi) is 3.61. The molecule has 4 heteroatoms. The van der Waals surface area contributed by atoms with Gasteiger partial charge in [0.05, 0.1) is 11.0 Å². The lowest BCUT2D eigenvalue weighted by atomic mass is 10.1. The molecule has 0 bridgehead atoms. The first kappa shape index (κ1) is 11.6. The van der Waals surface area contributed by atoms with E-state index in [1.54, 1.807) is 4.90 Å². The fraction of sp³-hybridized carbons (Fsp3) is 0.583. The number of rotatable bonds is 2. The van der Waals surface area contributed by atoms with Crippen LogP contribution in [-0.2, 0) is 6.42 Å². The molecule has 1 atom stereocenters. The van der Waals surface area contributed by atoms with Gasteiger partial charge in [-0.15, -0.1) is 11.3 Å². The van der Waals surface area contributed by atoms with E-state index < -0.39 is 0 Å². The lowest BCUT2D eigenvalue weighted by molar-refractivity contribution is 0.0477. The summed E-state index contributed by atoms with van der Waals surface area (Å²) in [6.07, 6.45) is 2.26. The number of hydrogen-bond donors (Lipinski definition) is 1. The Labute approximate surface area is 99.7 Å². The summed E-state index contributed by atoms with van der Waals surface area (Å²) in [6.45, 7) is 3.32. The van der Waals surface area contributed by atoms with Crippen molar-refractivity contribution in [2.75, 3.05) is 13.1 Å². The quantitative estimate of drug-likeness (QED) is 0.856. The number of aryl methyl sites for hydroxylation is 1. The van der Waals surface area contributed by atoms with Crippen LogP contribution in [0.1, 0.15) is 35.0 Å². The van der Waals surface area contributed by atoms with Gasteiger partial charge in [0.2, 0.25) is 0 Å². The third-order valence-corrected chi connectivity index (χ3v) is 3.95. The van der Waals surface area contributed by atoms with E-state index in [9.17, 15) is 9.90 Å². The SMILES string of the molecule is CCc1ccsc1C(=O)N1CCCC(O)C1. The molecule has 0 aromatic carbocycles. The van der Waals surface area contributed by atoms with Crippen LogP contribution in [0.3, 0.4) is 0 Å². The molecule has 1 aromatic heterocycles. The minimum Gasteiger partial charge on any atom is -0.391 e. The van der Waals surface area contributed by atoms with Gasteiger partial charge in [-0.25, -0.2) is 0 Å². The first-order chi connectivity index (χ1) is 7.72. The molecule has 0 aliphatic carbocycles. The molecule has 0 spiro atoms. The molecule has 1 fully saturated rings. The van der Waals surface area contributed by atoms with E-state index >= 15 is 0 Å². The topological polar surface area (TPSA) is 40.5 Å². The van der Waals surface area contributed by atoms with E-state index in [0.717, 1.165) is 36.2 Å². The van der Waals surface area contributed by atoms with Crippen LogP contribution in [0.15, 0.2) is 11.4 Å². The van der Waals surface area contributed by atoms with Crippen molar-refractivity contribution in [1.82, 2.24) is 4.90 Å². The summed E-state index contributed by atoms with van der Waals surface area (Å²) in [5.74, 6) is 0.0885. The summed E-state index contributed by atoms with van der Waals surface area (Å²) in [4.78, 5) is 14.8. The standard InChI is InChI=1S/C12H17NO2S/c1-2-9-5-7-16-11(9)12(15)13-6-3-4-10(14)8-13/h5,7,10,14H,2-4,6,8H2,1H3. The summed E-state index contributed by atoms with van der Waals surface area (Å²) < 4.78 is 0. The molecule has 3 nitrogen and oxygen atoms in total. The van der Waals surface area contributed by atoms with Gasteiger partial charge >= 0.3 is 0 Å². The maximum Gasteiger partial charge on any atom is 0.264 e. The first-order valence-electron chi connectivity index (χ1n) is 5.76. The van der Waals surface area contributed by atoms with Gasteiger partial charge in [-0.05, 0) is 36.3 Å². The molecule has 1 aliphatic rings. The van der Waals surface area contributed by atoms with E-state index in [-0.39, 0.29) is 12.0 Å². The van der Waals surface area contributed by atoms with Crippen LogP contribution in [-0.4, -0.2) is 35.1 Å². The fourth-order valence-corrected chi connectivity index (χ4v) is 3.05. The Morgan fingerprint density at radius 2 is 2.50 bits per heavy atom. The number of thiophene rings is 1. The summed E-state index contributed by atoms with van der Waals surface area (Å²) in [5.41, 5.74) is 1.12. The number of aliphatic hydroxyl groups excluding tert-OH is 1. The van der Waals surface area contributed by atoms with Crippen LogP contribution in [0, 0.1) is 0 Å². The number of carbonyl (C=O) groups excluding carboxylic acids is 1. The van der Waals surface area contributed by atoms with Crippen LogP contribution in [0.5, 0.6) is 0 Å². The summed E-state index contributed by atoms with van der Waals surface area (Å²) in [5, 5.41) is 11.5. The highest BCUT2D eigenvalue weighted by Gasteiger charge is 2.24. The normalized spacial score (nSPS) is 21.1. The molecular weight excluding hydrogens is 222 g/mol. The van der Waals surface area contributed by atoms with Crippen LogP contribution < -0.4 is 0 Å². The molecule has 1 aromatic rings. The number of carbonyl (C=O) groups is 1. The zero-order valence-corrected chi connectivity index (χ0v) is 10.3. The average molecular weight is 239 g/mol. The van der Waals surface area contributed by atoms with Crippen LogP contribution in [0.25, 0.3) is 0 Å². The Morgan fingerprint density at radius 1 is 1.69 bits per heavy atom. The van der Waals surface area contributed by atoms with Gasteiger partial charge < -0.3 is 10.0 Å². The summed E-state index contributed by atoms with van der Waals surface area (Å²) in [6, 6.07) is 2.01. The van der Waals surface area contributed by atoms with Crippen molar-refractivity contribution in [2.24, 2.45) is 0 Å². The second-order valence-corrected chi connectivity index (χ2v) is 5.09. The van der Waals surface area contributed by atoms with Crippen LogP contribution in [0.4, 0.5) is 0 Å². The molecule has 2 heterocycles. The summed E-state index contributed by atoms with van der Waals surface area (Å²) >= 11 is 1.50. The van der Waals surface area contributed by atoms with E-state index in [1.807, 2.05) is 11.4 Å². The molecule has 1 unspecified atom stereocenters. The van der Waals surface area contributed by atoms with E-state index in [1.165, 1.54) is 11.3 Å². The molecule has 1 aliphatic heterocycles. The van der Waals surface area contributed by atoms with Gasteiger partial charge in [0.1, 0.15) is 0 Å². The molecule has 1 amide bonds. The average Bonchev–Trinajstić information content (AvgIpc) is 2.76. The lowest BCUT2D eigenvalue weighted by Crippen LogP contribution is -2.42. The van der Waals surface area contributed by atoms with E-state index in [2.05, 4.69) is 6.92 Å². The van der Waals surface area contributed by atoms with Gasteiger partial charge in [0.15, 0.2) is 0 Å². The highest BCUT2D eigenvalue weighted by atomic mass is 32.1. The number of hydrogen-bond acceptors (Lipinski definition) is 3. The third kappa shape index (κ3) is 2.28. The molecule has 1 saturated heterocycles. The van der Waals surface area contributed by atoms with Gasteiger partial charge in [-0.1, -0.05) is 6.92 Å². The van der Waals surface area contributed by atoms with Crippen LogP contribution in [0.2, 0.25) is 0 Å². The number of nitrogens with zero attached hydrogens (tertiary/aromatic N) is 1. The highest BCUT2D eigenvalue weighted by Crippen LogP contribution is 2.21. The van der Waals surface area contributed by atoms with Crippen molar-refractivity contribution in [3.05, 3.63) is 21.9 Å². The molecule has 0 radical (unpaired) electrons. The second-order valence-electron chi connectivity index (χ2n) is 4.18. The van der Waals surface area contributed by atoms with Crippen LogP contribution >= 0.6 is 11.3 Å². The van der Waals surface area contributed by atoms with E-state index in [0.29, 0.717) is 6.54 Å². The molecule has 2 rings (SSSR count). The number of amides is 1. The van der Waals surface area contributed by atoms with Gasteiger partial charge in [0, 0.05) is 13.1 Å².